The number of benzene rings is 3. The number of carbonyl (C=O) groups is 2. The molecule has 8 nitrogen and oxygen atoms in total. The van der Waals surface area contributed by atoms with Crippen molar-refractivity contribution >= 4 is 40.9 Å². The highest BCUT2D eigenvalue weighted by Gasteiger charge is 2.27. The molecule has 1 amide bonds. The van der Waals surface area contributed by atoms with Crippen LogP contribution in [0.15, 0.2) is 66.7 Å². The number of anilines is 3. The van der Waals surface area contributed by atoms with Crippen LogP contribution in [-0.2, 0) is 4.79 Å². The minimum absolute atomic E-state index is 0.0239. The average Bonchev–Trinajstić information content (AvgIpc) is 2.99. The fraction of sp³-hybridized carbons (Fsp3) is 0.314. The summed E-state index contributed by atoms with van der Waals surface area (Å²) in [5, 5.41) is 6.32. The third-order valence-corrected chi connectivity index (χ3v) is 7.19. The summed E-state index contributed by atoms with van der Waals surface area (Å²) in [6.45, 7) is 4.66. The maximum atomic E-state index is 13.3. The summed E-state index contributed by atoms with van der Waals surface area (Å²) in [6.07, 6.45) is 11.4. The number of nitrogen functional groups attached to an aromatic ring is 1. The number of hydrogen-bond acceptors (Lipinski definition) is 7. The standard InChI is InChI=1S/C35H41N3O5/c1-35(2)21-20-26-31(41-3)19-16-25(34(26)43-35)30(39)17-14-24-15-18-32(42-4)29(23-24)37-22-10-6-5-7-13-33(40)38-28-12-9-8-11-27(28)36/h8-9,11-12,14-21,23,37H,5-7,10,13,22,36H2,1-4H3,(H,38,40)/b17-14+. The number of amides is 1. The number of methoxy groups -OCH3 is 2. The fourth-order valence-electron chi connectivity index (χ4n) is 4.84. The molecule has 1 heterocycles. The molecule has 0 saturated heterocycles. The number of ether oxygens (including phenoxy) is 3. The number of para-hydroxylation sites is 2. The summed E-state index contributed by atoms with van der Waals surface area (Å²) in [5.74, 6) is 1.74. The van der Waals surface area contributed by atoms with Crippen LogP contribution in [-0.4, -0.2) is 38.1 Å². The van der Waals surface area contributed by atoms with Gasteiger partial charge in [0, 0.05) is 13.0 Å². The maximum Gasteiger partial charge on any atom is 0.224 e. The minimum Gasteiger partial charge on any atom is -0.496 e. The van der Waals surface area contributed by atoms with E-state index in [9.17, 15) is 9.59 Å². The van der Waals surface area contributed by atoms with Gasteiger partial charge in [-0.05, 0) is 86.9 Å². The summed E-state index contributed by atoms with van der Waals surface area (Å²) in [7, 11) is 3.24. The van der Waals surface area contributed by atoms with Gasteiger partial charge in [0.25, 0.3) is 0 Å². The number of rotatable bonds is 14. The van der Waals surface area contributed by atoms with Crippen molar-refractivity contribution < 1.29 is 23.8 Å². The van der Waals surface area contributed by atoms with Crippen molar-refractivity contribution in [3.05, 3.63) is 83.4 Å². The van der Waals surface area contributed by atoms with Crippen molar-refractivity contribution in [2.45, 2.75) is 51.6 Å². The maximum absolute atomic E-state index is 13.3. The molecule has 4 N–H and O–H groups in total. The Balaban J connectivity index is 1.29. The van der Waals surface area contributed by atoms with Gasteiger partial charge in [0.2, 0.25) is 5.91 Å². The van der Waals surface area contributed by atoms with E-state index in [-0.39, 0.29) is 11.7 Å². The van der Waals surface area contributed by atoms with Crippen LogP contribution in [0.4, 0.5) is 17.1 Å². The number of unbranched alkanes of at least 4 members (excludes halogenated alkanes) is 3. The molecule has 0 bridgehead atoms. The fourth-order valence-corrected chi connectivity index (χ4v) is 4.84. The lowest BCUT2D eigenvalue weighted by atomic mass is 9.97. The molecule has 0 spiro atoms. The molecule has 3 aromatic carbocycles. The van der Waals surface area contributed by atoms with Crippen LogP contribution >= 0.6 is 0 Å². The highest BCUT2D eigenvalue weighted by molar-refractivity contribution is 6.09. The highest BCUT2D eigenvalue weighted by Crippen LogP contribution is 2.40. The Labute approximate surface area is 253 Å². The molecule has 1 aliphatic heterocycles. The molecule has 43 heavy (non-hydrogen) atoms. The van der Waals surface area contributed by atoms with Crippen molar-refractivity contribution in [3.63, 3.8) is 0 Å². The largest absolute Gasteiger partial charge is 0.496 e. The zero-order valence-electron chi connectivity index (χ0n) is 25.4. The number of nitrogens with one attached hydrogen (secondary N) is 2. The van der Waals surface area contributed by atoms with Crippen LogP contribution in [0.2, 0.25) is 0 Å². The van der Waals surface area contributed by atoms with Crippen LogP contribution in [0.5, 0.6) is 17.2 Å². The third-order valence-electron chi connectivity index (χ3n) is 7.19. The topological polar surface area (TPSA) is 112 Å². The van der Waals surface area contributed by atoms with Crippen LogP contribution in [0.25, 0.3) is 12.2 Å². The van der Waals surface area contributed by atoms with Gasteiger partial charge in [-0.2, -0.15) is 0 Å². The number of fused-ring (bicyclic) bond motifs is 1. The van der Waals surface area contributed by atoms with E-state index in [0.717, 1.165) is 54.8 Å². The second-order valence-electron chi connectivity index (χ2n) is 11.0. The number of ketones is 1. The van der Waals surface area contributed by atoms with Gasteiger partial charge >= 0.3 is 0 Å². The molecule has 0 saturated carbocycles. The van der Waals surface area contributed by atoms with Gasteiger partial charge < -0.3 is 30.6 Å². The summed E-state index contributed by atoms with van der Waals surface area (Å²) in [5.41, 5.74) is 9.55. The minimum atomic E-state index is -0.527. The molecule has 4 rings (SSSR count). The van der Waals surface area contributed by atoms with Crippen LogP contribution in [0, 0.1) is 0 Å². The first-order valence-corrected chi connectivity index (χ1v) is 14.6. The molecule has 0 fully saturated rings. The second kappa shape index (κ2) is 14.4. The zero-order chi connectivity index (χ0) is 30.8. The average molecular weight is 584 g/mol. The van der Waals surface area contributed by atoms with Gasteiger partial charge in [-0.25, -0.2) is 0 Å². The van der Waals surface area contributed by atoms with Gasteiger partial charge in [-0.1, -0.05) is 37.1 Å². The van der Waals surface area contributed by atoms with E-state index in [1.807, 2.05) is 56.3 Å². The highest BCUT2D eigenvalue weighted by atomic mass is 16.5. The van der Waals surface area contributed by atoms with Crippen molar-refractivity contribution in [3.8, 4) is 17.2 Å². The SMILES string of the molecule is COc1ccc(/C=C/C(=O)c2ccc(OC)c3c2OC(C)(C)C=C3)cc1NCCCCCCC(=O)Nc1ccccc1N. The Morgan fingerprint density at radius 3 is 2.44 bits per heavy atom. The van der Waals surface area contributed by atoms with Crippen LogP contribution in [0.3, 0.4) is 0 Å². The van der Waals surface area contributed by atoms with Crippen molar-refractivity contribution in [2.24, 2.45) is 0 Å². The molecule has 8 heteroatoms. The van der Waals surface area contributed by atoms with E-state index in [0.29, 0.717) is 34.9 Å². The number of nitrogens with two attached hydrogens (primary N) is 1. The van der Waals surface area contributed by atoms with Crippen LogP contribution < -0.4 is 30.6 Å². The summed E-state index contributed by atoms with van der Waals surface area (Å²) < 4.78 is 17.2. The van der Waals surface area contributed by atoms with Gasteiger partial charge in [0.05, 0.1) is 42.4 Å². The molecule has 0 aliphatic carbocycles. The van der Waals surface area contributed by atoms with Crippen molar-refractivity contribution in [1.29, 1.82) is 0 Å². The zero-order valence-corrected chi connectivity index (χ0v) is 25.4. The van der Waals surface area contributed by atoms with Crippen LogP contribution in [0.1, 0.15) is 67.4 Å². The third kappa shape index (κ3) is 8.41. The predicted octanol–water partition coefficient (Wildman–Crippen LogP) is 7.37. The lowest BCUT2D eigenvalue weighted by molar-refractivity contribution is -0.116. The van der Waals surface area contributed by atoms with E-state index >= 15 is 0 Å². The molecular formula is C35H41N3O5. The van der Waals surface area contributed by atoms with E-state index < -0.39 is 5.60 Å². The number of hydrogen-bond donors (Lipinski definition) is 3. The Morgan fingerprint density at radius 2 is 1.67 bits per heavy atom. The second-order valence-corrected chi connectivity index (χ2v) is 11.0. The van der Waals surface area contributed by atoms with E-state index in [1.54, 1.807) is 50.6 Å². The summed E-state index contributed by atoms with van der Waals surface area (Å²) in [6, 6.07) is 16.6. The molecule has 0 radical (unpaired) electrons. The van der Waals surface area contributed by atoms with E-state index in [4.69, 9.17) is 19.9 Å². The smallest absolute Gasteiger partial charge is 0.224 e. The first-order chi connectivity index (χ1) is 20.7. The predicted molar refractivity (Wildman–Crippen MR) is 174 cm³/mol. The van der Waals surface area contributed by atoms with Crippen molar-refractivity contribution in [1.82, 2.24) is 0 Å². The Bertz CT molecular complexity index is 1510. The molecule has 3 aromatic rings. The lowest BCUT2D eigenvalue weighted by Gasteiger charge is -2.29. The first kappa shape index (κ1) is 31.2. The summed E-state index contributed by atoms with van der Waals surface area (Å²) >= 11 is 0. The van der Waals surface area contributed by atoms with Crippen molar-refractivity contribution in [2.75, 3.05) is 37.1 Å². The molecule has 1 aliphatic rings. The molecule has 0 unspecified atom stereocenters. The molecule has 0 atom stereocenters. The molecule has 226 valence electrons. The Hall–Kier alpha value is -4.72. The van der Waals surface area contributed by atoms with E-state index in [2.05, 4.69) is 10.6 Å². The van der Waals surface area contributed by atoms with E-state index in [1.165, 1.54) is 0 Å². The number of allylic oxidation sites excluding steroid dienone is 1. The van der Waals surface area contributed by atoms with Gasteiger partial charge in [-0.3, -0.25) is 9.59 Å². The quantitative estimate of drug-likeness (QED) is 0.0786. The monoisotopic (exact) mass is 583 g/mol. The molecular weight excluding hydrogens is 542 g/mol. The van der Waals surface area contributed by atoms with Gasteiger partial charge in [0.1, 0.15) is 22.8 Å². The Kier molecular flexibility index (Phi) is 10.5. The molecule has 0 aromatic heterocycles. The summed E-state index contributed by atoms with van der Waals surface area (Å²) in [4.78, 5) is 25.5. The number of carbonyl (C=O) groups excluding carboxylic acids is 2. The Morgan fingerprint density at radius 1 is 0.930 bits per heavy atom. The normalized spacial score (nSPS) is 13.2. The van der Waals surface area contributed by atoms with Gasteiger partial charge in [-0.15, -0.1) is 0 Å². The van der Waals surface area contributed by atoms with Gasteiger partial charge in [0.15, 0.2) is 5.78 Å². The first-order valence-electron chi connectivity index (χ1n) is 14.6. The lowest BCUT2D eigenvalue weighted by Crippen LogP contribution is -2.28.